The lowest BCUT2D eigenvalue weighted by atomic mass is 10.1. The maximum absolute atomic E-state index is 12.0. The van der Waals surface area contributed by atoms with Gasteiger partial charge < -0.3 is 10.0 Å². The Morgan fingerprint density at radius 2 is 2.00 bits per heavy atom. The molecule has 1 aliphatic rings. The Hall–Kier alpha value is -0.660. The minimum Gasteiger partial charge on any atom is -0.396 e. The summed E-state index contributed by atoms with van der Waals surface area (Å²) in [7, 11) is -3.29. The Bertz CT molecular complexity index is 422. The van der Waals surface area contributed by atoms with Crippen LogP contribution in [-0.4, -0.2) is 80.1 Å². The van der Waals surface area contributed by atoms with Crippen molar-refractivity contribution in [1.82, 2.24) is 9.80 Å². The summed E-state index contributed by atoms with van der Waals surface area (Å²) in [5.74, 6) is -0.239. The lowest BCUT2D eigenvalue weighted by Gasteiger charge is -2.42. The Balaban J connectivity index is 2.65. The van der Waals surface area contributed by atoms with Crippen LogP contribution in [-0.2, 0) is 14.6 Å². The average Bonchev–Trinajstić information content (AvgIpc) is 2.28. The van der Waals surface area contributed by atoms with Crippen molar-refractivity contribution in [2.45, 2.75) is 26.3 Å². The lowest BCUT2D eigenvalue weighted by Crippen LogP contribution is -2.56. The molecule has 0 aromatic rings. The van der Waals surface area contributed by atoms with Crippen LogP contribution in [0.1, 0.15) is 20.3 Å². The molecule has 6 nitrogen and oxygen atoms in total. The second kappa shape index (κ2) is 7.38. The number of rotatable bonds is 6. The van der Waals surface area contributed by atoms with Crippen molar-refractivity contribution < 1.29 is 18.3 Å². The van der Waals surface area contributed by atoms with Gasteiger partial charge in [0.05, 0.1) is 0 Å². The molecule has 0 radical (unpaired) electrons. The molecule has 1 fully saturated rings. The van der Waals surface area contributed by atoms with E-state index in [2.05, 4.69) is 18.7 Å². The van der Waals surface area contributed by atoms with Gasteiger partial charge in [0.15, 0.2) is 9.84 Å². The second-order valence-corrected chi connectivity index (χ2v) is 8.10. The van der Waals surface area contributed by atoms with Crippen molar-refractivity contribution in [2.75, 3.05) is 44.8 Å². The Kier molecular flexibility index (Phi) is 6.42. The summed E-state index contributed by atoms with van der Waals surface area (Å²) in [5.41, 5.74) is 0. The van der Waals surface area contributed by atoms with E-state index in [1.165, 1.54) is 0 Å². The van der Waals surface area contributed by atoms with Crippen LogP contribution in [0.4, 0.5) is 0 Å². The van der Waals surface area contributed by atoms with E-state index < -0.39 is 15.6 Å². The van der Waals surface area contributed by atoms with Gasteiger partial charge in [0.2, 0.25) is 5.91 Å². The molecule has 0 saturated carbocycles. The van der Waals surface area contributed by atoms with Crippen molar-refractivity contribution in [2.24, 2.45) is 5.92 Å². The van der Waals surface area contributed by atoms with Crippen LogP contribution in [0, 0.1) is 5.92 Å². The first-order chi connectivity index (χ1) is 9.23. The normalized spacial score (nSPS) is 21.4. The average molecular weight is 306 g/mol. The number of aliphatic hydroxyl groups is 1. The van der Waals surface area contributed by atoms with E-state index >= 15 is 0 Å². The zero-order valence-electron chi connectivity index (χ0n) is 12.6. The first-order valence-electron chi connectivity index (χ1n) is 7.03. The third-order valence-electron chi connectivity index (χ3n) is 3.41. The highest BCUT2D eigenvalue weighted by Crippen LogP contribution is 2.15. The Labute approximate surface area is 121 Å². The van der Waals surface area contributed by atoms with Gasteiger partial charge in [0.25, 0.3) is 0 Å². The number of piperazine rings is 1. The van der Waals surface area contributed by atoms with Gasteiger partial charge in [-0.3, -0.25) is 9.69 Å². The molecular weight excluding hydrogens is 280 g/mol. The van der Waals surface area contributed by atoms with Crippen LogP contribution in [0.5, 0.6) is 0 Å². The van der Waals surface area contributed by atoms with Crippen LogP contribution in [0.2, 0.25) is 0 Å². The summed E-state index contributed by atoms with van der Waals surface area (Å²) in [4.78, 5) is 15.9. The first kappa shape index (κ1) is 17.4. The highest BCUT2D eigenvalue weighted by molar-refractivity contribution is 7.91. The van der Waals surface area contributed by atoms with Crippen LogP contribution >= 0.6 is 0 Å². The van der Waals surface area contributed by atoms with Crippen LogP contribution in [0.3, 0.4) is 0 Å². The van der Waals surface area contributed by atoms with Crippen LogP contribution in [0.15, 0.2) is 0 Å². The molecule has 1 unspecified atom stereocenters. The van der Waals surface area contributed by atoms with Gasteiger partial charge in [-0.25, -0.2) is 8.42 Å². The van der Waals surface area contributed by atoms with E-state index in [0.717, 1.165) is 19.3 Å². The van der Waals surface area contributed by atoms with Gasteiger partial charge in [0, 0.05) is 45.1 Å². The van der Waals surface area contributed by atoms with E-state index in [-0.39, 0.29) is 18.6 Å². The predicted octanol–water partition coefficient (Wildman–Crippen LogP) is -0.418. The molecule has 20 heavy (non-hydrogen) atoms. The zero-order valence-corrected chi connectivity index (χ0v) is 13.4. The number of aliphatic hydroxyl groups excluding tert-OH is 1. The van der Waals surface area contributed by atoms with Gasteiger partial charge >= 0.3 is 0 Å². The fourth-order valence-electron chi connectivity index (χ4n) is 2.57. The maximum Gasteiger partial charge on any atom is 0.237 e. The molecule has 1 heterocycles. The molecule has 1 aliphatic heterocycles. The van der Waals surface area contributed by atoms with E-state index in [4.69, 9.17) is 5.11 Å². The molecule has 1 saturated heterocycles. The Morgan fingerprint density at radius 1 is 1.35 bits per heavy atom. The molecule has 0 aromatic heterocycles. The molecule has 0 bridgehead atoms. The third-order valence-corrected chi connectivity index (χ3v) is 4.18. The van der Waals surface area contributed by atoms with Crippen LogP contribution in [0.25, 0.3) is 0 Å². The number of nitrogens with zero attached hydrogens (tertiary/aromatic N) is 2. The highest BCUT2D eigenvalue weighted by atomic mass is 32.2. The van der Waals surface area contributed by atoms with Crippen molar-refractivity contribution in [3.8, 4) is 0 Å². The number of amides is 1. The molecule has 1 atom stereocenters. The smallest absolute Gasteiger partial charge is 0.237 e. The second-order valence-electron chi connectivity index (χ2n) is 5.96. The minimum absolute atomic E-state index is 0.0768. The summed E-state index contributed by atoms with van der Waals surface area (Å²) < 4.78 is 22.4. The standard InChI is InChI=1S/C13H26N2O4S/c1-11(2)8-14-5-6-15(9-12(14)4-7-16)13(17)10-20(3,18)19/h11-12,16H,4-10H2,1-3H3. The zero-order chi connectivity index (χ0) is 15.3. The topological polar surface area (TPSA) is 77.9 Å². The summed E-state index contributed by atoms with van der Waals surface area (Å²) >= 11 is 0. The molecule has 0 aliphatic carbocycles. The Morgan fingerprint density at radius 3 is 2.50 bits per heavy atom. The van der Waals surface area contributed by atoms with Gasteiger partial charge in [-0.2, -0.15) is 0 Å². The number of hydrogen-bond donors (Lipinski definition) is 1. The van der Waals surface area contributed by atoms with Gasteiger partial charge in [-0.15, -0.1) is 0 Å². The minimum atomic E-state index is -3.29. The van der Waals surface area contributed by atoms with Crippen molar-refractivity contribution in [3.05, 3.63) is 0 Å². The highest BCUT2D eigenvalue weighted by Gasteiger charge is 2.30. The predicted molar refractivity (Wildman–Crippen MR) is 78.2 cm³/mol. The number of sulfone groups is 1. The molecular formula is C13H26N2O4S. The number of carbonyl (C=O) groups excluding carboxylic acids is 1. The fraction of sp³-hybridized carbons (Fsp3) is 0.923. The summed E-state index contributed by atoms with van der Waals surface area (Å²) in [5, 5.41) is 9.16. The van der Waals surface area contributed by atoms with Gasteiger partial charge in [-0.05, 0) is 12.3 Å². The molecule has 0 spiro atoms. The molecule has 1 rings (SSSR count). The van der Waals surface area contributed by atoms with E-state index in [0.29, 0.717) is 25.4 Å². The molecule has 7 heteroatoms. The van der Waals surface area contributed by atoms with Crippen molar-refractivity contribution >= 4 is 15.7 Å². The number of hydrogen-bond acceptors (Lipinski definition) is 5. The monoisotopic (exact) mass is 306 g/mol. The summed E-state index contributed by atoms with van der Waals surface area (Å²) in [6.45, 7) is 7.07. The first-order valence-corrected chi connectivity index (χ1v) is 9.09. The lowest BCUT2D eigenvalue weighted by molar-refractivity contribution is -0.131. The molecule has 0 aromatic carbocycles. The quantitative estimate of drug-likeness (QED) is 0.721. The van der Waals surface area contributed by atoms with E-state index in [9.17, 15) is 13.2 Å². The molecule has 1 amide bonds. The molecule has 118 valence electrons. The van der Waals surface area contributed by atoms with E-state index in [1.807, 2.05) is 0 Å². The largest absolute Gasteiger partial charge is 0.396 e. The van der Waals surface area contributed by atoms with Crippen LogP contribution < -0.4 is 0 Å². The van der Waals surface area contributed by atoms with Crippen molar-refractivity contribution in [1.29, 1.82) is 0 Å². The van der Waals surface area contributed by atoms with Gasteiger partial charge in [-0.1, -0.05) is 13.8 Å². The summed E-state index contributed by atoms with van der Waals surface area (Å²) in [6.07, 6.45) is 1.68. The van der Waals surface area contributed by atoms with Gasteiger partial charge in [0.1, 0.15) is 5.75 Å². The SMILES string of the molecule is CC(C)CN1CCN(C(=O)CS(C)(=O)=O)CC1CCO. The third kappa shape index (κ3) is 5.76. The van der Waals surface area contributed by atoms with Crippen molar-refractivity contribution in [3.63, 3.8) is 0 Å². The summed E-state index contributed by atoms with van der Waals surface area (Å²) in [6, 6.07) is 0.111. The fourth-order valence-corrected chi connectivity index (χ4v) is 3.20. The van der Waals surface area contributed by atoms with E-state index in [1.54, 1.807) is 4.90 Å². The molecule has 1 N–H and O–H groups in total. The maximum atomic E-state index is 12.0. The number of carbonyl (C=O) groups is 1.